The number of rotatable bonds is 6. The topological polar surface area (TPSA) is 59.1 Å². The molecule has 106 valence electrons. The van der Waals surface area contributed by atoms with Crippen molar-refractivity contribution in [3.05, 3.63) is 11.9 Å². The van der Waals surface area contributed by atoms with Crippen molar-refractivity contribution >= 4 is 11.6 Å². The molecule has 1 unspecified atom stereocenters. The Labute approximate surface area is 115 Å². The van der Waals surface area contributed by atoms with Crippen LogP contribution in [0.1, 0.15) is 38.7 Å². The fraction of sp³-hybridized carbons (Fsp3) is 0.714. The zero-order valence-corrected chi connectivity index (χ0v) is 11.9. The summed E-state index contributed by atoms with van der Waals surface area (Å²) in [4.78, 5) is 8.76. The van der Waals surface area contributed by atoms with E-state index in [4.69, 9.17) is 4.74 Å². The van der Waals surface area contributed by atoms with Gasteiger partial charge in [0.05, 0.1) is 12.6 Å². The predicted molar refractivity (Wildman–Crippen MR) is 77.7 cm³/mol. The van der Waals surface area contributed by atoms with Gasteiger partial charge in [-0.05, 0) is 26.2 Å². The van der Waals surface area contributed by atoms with Crippen molar-refractivity contribution in [1.29, 1.82) is 0 Å². The fourth-order valence-corrected chi connectivity index (χ4v) is 2.39. The summed E-state index contributed by atoms with van der Waals surface area (Å²) >= 11 is 0. The molecule has 1 aromatic rings. The van der Waals surface area contributed by atoms with Gasteiger partial charge in [0, 0.05) is 18.7 Å². The molecule has 2 N–H and O–H groups in total. The molecule has 5 nitrogen and oxygen atoms in total. The van der Waals surface area contributed by atoms with Gasteiger partial charge in [-0.1, -0.05) is 13.3 Å². The van der Waals surface area contributed by atoms with Gasteiger partial charge in [0.25, 0.3) is 0 Å². The molecule has 1 atom stereocenters. The van der Waals surface area contributed by atoms with E-state index >= 15 is 0 Å². The van der Waals surface area contributed by atoms with Crippen molar-refractivity contribution in [3.63, 3.8) is 0 Å². The van der Waals surface area contributed by atoms with Crippen molar-refractivity contribution in [2.75, 3.05) is 30.4 Å². The molecule has 1 saturated heterocycles. The molecule has 0 radical (unpaired) electrons. The summed E-state index contributed by atoms with van der Waals surface area (Å²) in [6.45, 7) is 6.79. The Balaban J connectivity index is 2.14. The van der Waals surface area contributed by atoms with Crippen LogP contribution in [-0.2, 0) is 11.2 Å². The number of hydrogen-bond acceptors (Lipinski definition) is 5. The smallest absolute Gasteiger partial charge is 0.135 e. The first kappa shape index (κ1) is 14.1. The minimum absolute atomic E-state index is 0.369. The van der Waals surface area contributed by atoms with Crippen molar-refractivity contribution < 1.29 is 4.74 Å². The van der Waals surface area contributed by atoms with Gasteiger partial charge in [-0.3, -0.25) is 0 Å². The first-order valence-corrected chi connectivity index (χ1v) is 7.27. The van der Waals surface area contributed by atoms with E-state index in [-0.39, 0.29) is 0 Å². The van der Waals surface area contributed by atoms with Gasteiger partial charge < -0.3 is 15.4 Å². The molecule has 0 amide bonds. The molecule has 1 fully saturated rings. The van der Waals surface area contributed by atoms with Crippen molar-refractivity contribution in [2.45, 2.75) is 45.6 Å². The third-order valence-corrected chi connectivity index (χ3v) is 3.29. The van der Waals surface area contributed by atoms with Crippen molar-refractivity contribution in [1.82, 2.24) is 9.97 Å². The summed E-state index contributed by atoms with van der Waals surface area (Å²) in [5.41, 5.74) is 1.19. The zero-order chi connectivity index (χ0) is 13.5. The van der Waals surface area contributed by atoms with Crippen LogP contribution in [0.5, 0.6) is 0 Å². The minimum Gasteiger partial charge on any atom is -0.379 e. The van der Waals surface area contributed by atoms with Crippen molar-refractivity contribution in [3.8, 4) is 0 Å². The molecule has 1 aromatic heterocycles. The van der Waals surface area contributed by atoms with Gasteiger partial charge in [0.15, 0.2) is 0 Å². The second kappa shape index (κ2) is 7.28. The third kappa shape index (κ3) is 3.80. The van der Waals surface area contributed by atoms with E-state index in [0.717, 1.165) is 57.1 Å². The van der Waals surface area contributed by atoms with Gasteiger partial charge in [-0.25, -0.2) is 9.97 Å². The van der Waals surface area contributed by atoms with Gasteiger partial charge >= 0.3 is 0 Å². The largest absolute Gasteiger partial charge is 0.379 e. The summed E-state index contributed by atoms with van der Waals surface area (Å²) in [5, 5.41) is 6.83. The lowest BCUT2D eigenvalue weighted by molar-refractivity contribution is 0.0875. The van der Waals surface area contributed by atoms with E-state index in [1.807, 2.05) is 0 Å². The molecule has 2 rings (SSSR count). The second-order valence-electron chi connectivity index (χ2n) is 4.89. The molecular weight excluding hydrogens is 240 g/mol. The molecule has 0 aliphatic carbocycles. The molecule has 1 aliphatic heterocycles. The van der Waals surface area contributed by atoms with Crippen LogP contribution in [0.25, 0.3) is 0 Å². The SMILES string of the molecule is CCCc1c(NCC)ncnc1NC1CCCOC1. The number of anilines is 2. The van der Waals surface area contributed by atoms with E-state index in [9.17, 15) is 0 Å². The quantitative estimate of drug-likeness (QED) is 0.826. The number of ether oxygens (including phenoxy) is 1. The maximum Gasteiger partial charge on any atom is 0.135 e. The number of nitrogens with one attached hydrogen (secondary N) is 2. The Hall–Kier alpha value is -1.36. The normalized spacial score (nSPS) is 19.2. The van der Waals surface area contributed by atoms with Crippen LogP contribution in [0, 0.1) is 0 Å². The Morgan fingerprint density at radius 2 is 2.16 bits per heavy atom. The lowest BCUT2D eigenvalue weighted by Gasteiger charge is -2.25. The molecule has 0 spiro atoms. The van der Waals surface area contributed by atoms with E-state index in [1.54, 1.807) is 6.33 Å². The standard InChI is InChI=1S/C14H24N4O/c1-3-6-12-13(15-4-2)16-10-17-14(12)18-11-7-5-8-19-9-11/h10-11H,3-9H2,1-2H3,(H2,15,16,17,18). The van der Waals surface area contributed by atoms with Gasteiger partial charge in [0.2, 0.25) is 0 Å². The number of aromatic nitrogens is 2. The third-order valence-electron chi connectivity index (χ3n) is 3.29. The van der Waals surface area contributed by atoms with Crippen LogP contribution >= 0.6 is 0 Å². The molecule has 0 saturated carbocycles. The molecule has 2 heterocycles. The highest BCUT2D eigenvalue weighted by Gasteiger charge is 2.17. The Morgan fingerprint density at radius 1 is 1.32 bits per heavy atom. The Kier molecular flexibility index (Phi) is 5.39. The minimum atomic E-state index is 0.369. The fourth-order valence-electron chi connectivity index (χ4n) is 2.39. The highest BCUT2D eigenvalue weighted by molar-refractivity contribution is 5.57. The van der Waals surface area contributed by atoms with E-state index in [1.165, 1.54) is 5.56 Å². The van der Waals surface area contributed by atoms with Crippen LogP contribution in [0.3, 0.4) is 0 Å². The van der Waals surface area contributed by atoms with Gasteiger partial charge in [-0.2, -0.15) is 0 Å². The molecule has 0 bridgehead atoms. The maximum atomic E-state index is 5.51. The van der Waals surface area contributed by atoms with Gasteiger partial charge in [-0.15, -0.1) is 0 Å². The highest BCUT2D eigenvalue weighted by atomic mass is 16.5. The lowest BCUT2D eigenvalue weighted by Crippen LogP contribution is -2.31. The van der Waals surface area contributed by atoms with Crippen molar-refractivity contribution in [2.24, 2.45) is 0 Å². The molecule has 5 heteroatoms. The van der Waals surface area contributed by atoms with Crippen LogP contribution < -0.4 is 10.6 Å². The zero-order valence-electron chi connectivity index (χ0n) is 11.9. The van der Waals surface area contributed by atoms with E-state index in [2.05, 4.69) is 34.4 Å². The van der Waals surface area contributed by atoms with E-state index in [0.29, 0.717) is 6.04 Å². The van der Waals surface area contributed by atoms with Crippen LogP contribution in [0.4, 0.5) is 11.6 Å². The Bertz CT molecular complexity index is 391. The predicted octanol–water partition coefficient (Wildman–Crippen LogP) is 2.45. The van der Waals surface area contributed by atoms with Gasteiger partial charge in [0.1, 0.15) is 18.0 Å². The summed E-state index contributed by atoms with van der Waals surface area (Å²) in [6, 6.07) is 0.369. The van der Waals surface area contributed by atoms with Crippen LogP contribution in [0.2, 0.25) is 0 Å². The average molecular weight is 264 g/mol. The van der Waals surface area contributed by atoms with Crippen LogP contribution in [-0.4, -0.2) is 35.8 Å². The maximum absolute atomic E-state index is 5.51. The lowest BCUT2D eigenvalue weighted by atomic mass is 10.1. The average Bonchev–Trinajstić information content (AvgIpc) is 2.44. The van der Waals surface area contributed by atoms with E-state index < -0.39 is 0 Å². The number of nitrogens with zero attached hydrogens (tertiary/aromatic N) is 2. The highest BCUT2D eigenvalue weighted by Crippen LogP contribution is 2.23. The first-order valence-electron chi connectivity index (χ1n) is 7.27. The molecule has 0 aromatic carbocycles. The second-order valence-corrected chi connectivity index (χ2v) is 4.89. The molecular formula is C14H24N4O. The molecule has 19 heavy (non-hydrogen) atoms. The summed E-state index contributed by atoms with van der Waals surface area (Å²) in [7, 11) is 0. The van der Waals surface area contributed by atoms with Crippen LogP contribution in [0.15, 0.2) is 6.33 Å². The first-order chi connectivity index (χ1) is 9.35. The monoisotopic (exact) mass is 264 g/mol. The number of hydrogen-bond donors (Lipinski definition) is 2. The summed E-state index contributed by atoms with van der Waals surface area (Å²) in [5.74, 6) is 1.92. The summed E-state index contributed by atoms with van der Waals surface area (Å²) < 4.78 is 5.51. The summed E-state index contributed by atoms with van der Waals surface area (Å²) in [6.07, 6.45) is 5.96. The molecule has 1 aliphatic rings. The Morgan fingerprint density at radius 3 is 2.84 bits per heavy atom.